The highest BCUT2D eigenvalue weighted by atomic mass is 15.3. The molecule has 0 aliphatic rings. The smallest absolute Gasteiger partial charge is 0.163 e. The molecule has 5 nitrogen and oxygen atoms in total. The molecule has 78 valence electrons. The van der Waals surface area contributed by atoms with E-state index in [-0.39, 0.29) is 0 Å². The summed E-state index contributed by atoms with van der Waals surface area (Å²) in [6.07, 6.45) is 8.23. The van der Waals surface area contributed by atoms with Gasteiger partial charge in [0.05, 0.1) is 11.6 Å². The molecule has 0 aliphatic carbocycles. The van der Waals surface area contributed by atoms with Gasteiger partial charge in [-0.25, -0.2) is 14.6 Å². The van der Waals surface area contributed by atoms with Crippen LogP contribution in [-0.2, 0) is 6.54 Å². The second-order valence-electron chi connectivity index (χ2n) is 3.22. The van der Waals surface area contributed by atoms with Gasteiger partial charge in [0, 0.05) is 6.54 Å². The number of aromatic nitrogens is 4. The summed E-state index contributed by atoms with van der Waals surface area (Å²) in [7, 11) is 0. The maximum Gasteiger partial charge on any atom is 0.163 e. The van der Waals surface area contributed by atoms with Gasteiger partial charge in [0.15, 0.2) is 5.65 Å². The molecule has 15 heavy (non-hydrogen) atoms. The van der Waals surface area contributed by atoms with E-state index in [1.165, 1.54) is 6.33 Å². The summed E-state index contributed by atoms with van der Waals surface area (Å²) >= 11 is 0. The highest BCUT2D eigenvalue weighted by Gasteiger charge is 2.05. The minimum atomic E-state index is 0.484. The fourth-order valence-electron chi connectivity index (χ4n) is 1.44. The number of nitrogens with two attached hydrogens (primary N) is 1. The SMILES string of the molecule is C/C=C\CCn1ncc2c(N)ncnc21. The molecule has 0 aromatic carbocycles. The summed E-state index contributed by atoms with van der Waals surface area (Å²) in [4.78, 5) is 8.08. The third kappa shape index (κ3) is 1.81. The average Bonchev–Trinajstić information content (AvgIpc) is 2.64. The van der Waals surface area contributed by atoms with Crippen LogP contribution in [0.2, 0.25) is 0 Å². The molecule has 0 radical (unpaired) electrons. The predicted octanol–water partition coefficient (Wildman–Crippen LogP) is 1.37. The monoisotopic (exact) mass is 203 g/mol. The predicted molar refractivity (Wildman–Crippen MR) is 59.2 cm³/mol. The van der Waals surface area contributed by atoms with Gasteiger partial charge in [-0.3, -0.25) is 0 Å². The summed E-state index contributed by atoms with van der Waals surface area (Å²) < 4.78 is 1.84. The number of hydrogen-bond acceptors (Lipinski definition) is 4. The van der Waals surface area contributed by atoms with E-state index in [2.05, 4.69) is 21.1 Å². The summed E-state index contributed by atoms with van der Waals surface area (Å²) in [5.74, 6) is 0.484. The topological polar surface area (TPSA) is 69.6 Å². The number of allylic oxidation sites excluding steroid dienone is 2. The molecule has 2 aromatic heterocycles. The number of rotatable bonds is 3. The van der Waals surface area contributed by atoms with Crippen LogP contribution >= 0.6 is 0 Å². The Morgan fingerprint density at radius 1 is 1.47 bits per heavy atom. The van der Waals surface area contributed by atoms with E-state index >= 15 is 0 Å². The Morgan fingerprint density at radius 2 is 2.33 bits per heavy atom. The maximum absolute atomic E-state index is 5.71. The van der Waals surface area contributed by atoms with Crippen molar-refractivity contribution in [3.8, 4) is 0 Å². The Bertz CT molecular complexity index is 486. The van der Waals surface area contributed by atoms with Gasteiger partial charge in [-0.2, -0.15) is 5.10 Å². The van der Waals surface area contributed by atoms with Gasteiger partial charge in [0.1, 0.15) is 12.1 Å². The molecular weight excluding hydrogens is 190 g/mol. The Hall–Kier alpha value is -1.91. The molecular formula is C10H13N5. The molecule has 0 fully saturated rings. The van der Waals surface area contributed by atoms with E-state index in [9.17, 15) is 0 Å². The van der Waals surface area contributed by atoms with E-state index in [1.54, 1.807) is 6.20 Å². The van der Waals surface area contributed by atoms with Crippen molar-refractivity contribution in [2.75, 3.05) is 5.73 Å². The Balaban J connectivity index is 2.32. The van der Waals surface area contributed by atoms with Crippen LogP contribution in [0.1, 0.15) is 13.3 Å². The van der Waals surface area contributed by atoms with Gasteiger partial charge in [-0.05, 0) is 13.3 Å². The first-order valence-electron chi connectivity index (χ1n) is 4.86. The zero-order valence-corrected chi connectivity index (χ0v) is 8.59. The van der Waals surface area contributed by atoms with Gasteiger partial charge in [-0.15, -0.1) is 0 Å². The fourth-order valence-corrected chi connectivity index (χ4v) is 1.44. The number of nitrogen functional groups attached to an aromatic ring is 1. The molecule has 0 saturated heterocycles. The van der Waals surface area contributed by atoms with Gasteiger partial charge < -0.3 is 5.73 Å². The van der Waals surface area contributed by atoms with Crippen LogP contribution in [0.25, 0.3) is 11.0 Å². The number of anilines is 1. The highest BCUT2D eigenvalue weighted by Crippen LogP contribution is 2.15. The van der Waals surface area contributed by atoms with Crippen LogP contribution in [0.15, 0.2) is 24.7 Å². The minimum Gasteiger partial charge on any atom is -0.383 e. The van der Waals surface area contributed by atoms with Crippen LogP contribution in [0.3, 0.4) is 0 Å². The largest absolute Gasteiger partial charge is 0.383 e. The van der Waals surface area contributed by atoms with Gasteiger partial charge in [-0.1, -0.05) is 12.2 Å². The van der Waals surface area contributed by atoms with Crippen LogP contribution < -0.4 is 5.73 Å². The summed E-state index contributed by atoms with van der Waals surface area (Å²) in [5.41, 5.74) is 6.50. The Labute approximate surface area is 87.6 Å². The van der Waals surface area contributed by atoms with Crippen molar-refractivity contribution in [2.45, 2.75) is 19.9 Å². The lowest BCUT2D eigenvalue weighted by Crippen LogP contribution is -2.01. The van der Waals surface area contributed by atoms with Crippen LogP contribution in [0.4, 0.5) is 5.82 Å². The quantitative estimate of drug-likeness (QED) is 0.765. The van der Waals surface area contributed by atoms with E-state index in [1.807, 2.05) is 17.7 Å². The third-order valence-electron chi connectivity index (χ3n) is 2.21. The van der Waals surface area contributed by atoms with Gasteiger partial charge in [0.2, 0.25) is 0 Å². The van der Waals surface area contributed by atoms with E-state index in [0.29, 0.717) is 5.82 Å². The van der Waals surface area contributed by atoms with Gasteiger partial charge in [0.25, 0.3) is 0 Å². The molecule has 2 aromatic rings. The molecule has 5 heteroatoms. The van der Waals surface area contributed by atoms with Crippen molar-refractivity contribution < 1.29 is 0 Å². The first kappa shape index (κ1) is 9.64. The van der Waals surface area contributed by atoms with Gasteiger partial charge >= 0.3 is 0 Å². The molecule has 0 aliphatic heterocycles. The molecule has 0 atom stereocenters. The molecule has 0 amide bonds. The first-order chi connectivity index (χ1) is 7.33. The number of nitrogens with zero attached hydrogens (tertiary/aromatic N) is 4. The molecule has 0 bridgehead atoms. The lowest BCUT2D eigenvalue weighted by atomic mass is 10.3. The summed E-state index contributed by atoms with van der Waals surface area (Å²) in [6, 6.07) is 0. The standard InChI is InChI=1S/C10H13N5/c1-2-3-4-5-15-10-8(6-14-15)9(11)12-7-13-10/h2-3,6-7H,4-5H2,1H3,(H2,11,12,13)/b3-2-. The number of aryl methyl sites for hydroxylation is 1. The van der Waals surface area contributed by atoms with Crippen molar-refractivity contribution >= 4 is 16.9 Å². The van der Waals surface area contributed by atoms with Crippen molar-refractivity contribution in [1.82, 2.24) is 19.7 Å². The maximum atomic E-state index is 5.71. The normalized spacial score (nSPS) is 11.5. The zero-order valence-electron chi connectivity index (χ0n) is 8.59. The third-order valence-corrected chi connectivity index (χ3v) is 2.21. The lowest BCUT2D eigenvalue weighted by Gasteiger charge is -1.99. The van der Waals surface area contributed by atoms with Crippen LogP contribution in [0, 0.1) is 0 Å². The van der Waals surface area contributed by atoms with Crippen LogP contribution in [-0.4, -0.2) is 19.7 Å². The van der Waals surface area contributed by atoms with Crippen molar-refractivity contribution in [3.05, 3.63) is 24.7 Å². The molecule has 0 spiro atoms. The number of fused-ring (bicyclic) bond motifs is 1. The second kappa shape index (κ2) is 4.08. The second-order valence-corrected chi connectivity index (χ2v) is 3.22. The summed E-state index contributed by atoms with van der Waals surface area (Å²) in [6.45, 7) is 2.81. The fraction of sp³-hybridized carbons (Fsp3) is 0.300. The lowest BCUT2D eigenvalue weighted by molar-refractivity contribution is 0.638. The molecule has 2 heterocycles. The van der Waals surface area contributed by atoms with Crippen molar-refractivity contribution in [3.63, 3.8) is 0 Å². The minimum absolute atomic E-state index is 0.484. The van der Waals surface area contributed by atoms with E-state index in [0.717, 1.165) is 24.0 Å². The molecule has 0 saturated carbocycles. The van der Waals surface area contributed by atoms with Crippen molar-refractivity contribution in [2.24, 2.45) is 0 Å². The average molecular weight is 203 g/mol. The van der Waals surface area contributed by atoms with Crippen LogP contribution in [0.5, 0.6) is 0 Å². The number of hydrogen-bond donors (Lipinski definition) is 1. The summed E-state index contributed by atoms with van der Waals surface area (Å²) in [5, 5.41) is 5.05. The highest BCUT2D eigenvalue weighted by molar-refractivity contribution is 5.84. The molecule has 0 unspecified atom stereocenters. The van der Waals surface area contributed by atoms with Crippen molar-refractivity contribution in [1.29, 1.82) is 0 Å². The molecule has 2 N–H and O–H groups in total. The Kier molecular flexibility index (Phi) is 2.62. The first-order valence-corrected chi connectivity index (χ1v) is 4.86. The molecule has 2 rings (SSSR count). The van der Waals surface area contributed by atoms with E-state index < -0.39 is 0 Å². The van der Waals surface area contributed by atoms with E-state index in [4.69, 9.17) is 5.73 Å². The zero-order chi connectivity index (χ0) is 10.7. The Morgan fingerprint density at radius 3 is 3.13 bits per heavy atom.